The Morgan fingerprint density at radius 1 is 0.490 bits per heavy atom. The van der Waals surface area contributed by atoms with Crippen LogP contribution in [0.3, 0.4) is 0 Å². The van der Waals surface area contributed by atoms with Gasteiger partial charge in [0.25, 0.3) is 0 Å². The number of hydrogen-bond donors (Lipinski definition) is 2. The van der Waals surface area contributed by atoms with Gasteiger partial charge in [0.15, 0.2) is 0 Å². The van der Waals surface area contributed by atoms with Crippen molar-refractivity contribution < 1.29 is 30.3 Å². The van der Waals surface area contributed by atoms with E-state index in [0.717, 1.165) is 25.9 Å². The number of unbranched alkanes of at least 4 members (excludes halogenated alkanes) is 22. The normalized spacial score (nSPS) is 10.3. The molecule has 7 nitrogen and oxygen atoms in total. The highest BCUT2D eigenvalue weighted by atomic mass is 16.6. The third-order valence-corrected chi connectivity index (χ3v) is 7.78. The van der Waals surface area contributed by atoms with Crippen molar-refractivity contribution in [3.05, 3.63) is 0 Å². The highest BCUT2D eigenvalue weighted by molar-refractivity contribution is 5.66. The first-order chi connectivity index (χ1) is 24.1. The Balaban J connectivity index is -0.000000270. The fourth-order valence-corrected chi connectivity index (χ4v) is 4.95. The molecule has 0 aliphatic carbocycles. The topological polar surface area (TPSA) is 86.3 Å². The summed E-state index contributed by atoms with van der Waals surface area (Å²) < 4.78 is 20.7. The van der Waals surface area contributed by atoms with Crippen LogP contribution in [-0.2, 0) is 18.9 Å². The maximum atomic E-state index is 11.4. The van der Waals surface area contributed by atoms with E-state index in [2.05, 4.69) is 33.0 Å². The fourth-order valence-electron chi connectivity index (χ4n) is 4.95. The largest absolute Gasteiger partial charge is 0.447 e. The molecule has 0 aliphatic rings. The number of aliphatic hydroxyl groups is 1. The lowest BCUT2D eigenvalue weighted by Gasteiger charge is -2.08. The molecular weight excluding hydrogens is 614 g/mol. The molecule has 0 bridgehead atoms. The standard InChI is InChI=1S/C23H47NO5.C14H30O.C3H8.C2H6.H2/c1-3-4-5-6-7-8-9-10-11-12-13-14-17-27-18-15-16-24-23(25)29-22-21-28-20-19-26-2;1-2-3-4-5-6-7-8-9-10-11-12-13-14-15;1-3-2;1-2;/h3-22H2,1-2H3,(H,24,25);15H,2-14H2,1H3;3H2,1-2H3;1-2H3;1H. The van der Waals surface area contributed by atoms with Crippen molar-refractivity contribution in [2.24, 2.45) is 0 Å². The number of ether oxygens (including phenoxy) is 4. The van der Waals surface area contributed by atoms with Crippen molar-refractivity contribution in [2.75, 3.05) is 59.9 Å². The highest BCUT2D eigenvalue weighted by Gasteiger charge is 2.01. The Labute approximate surface area is 309 Å². The molecule has 0 radical (unpaired) electrons. The number of aliphatic hydroxyl groups excluding tert-OH is 1. The number of nitrogens with one attached hydrogen (secondary N) is 1. The third-order valence-electron chi connectivity index (χ3n) is 7.78. The monoisotopic (exact) mass is 708 g/mol. The van der Waals surface area contributed by atoms with E-state index in [1.165, 1.54) is 148 Å². The van der Waals surface area contributed by atoms with Gasteiger partial charge in [0.2, 0.25) is 0 Å². The second-order valence-electron chi connectivity index (χ2n) is 12.8. The van der Waals surface area contributed by atoms with Crippen LogP contribution in [0.2, 0.25) is 0 Å². The number of rotatable bonds is 35. The first kappa shape index (κ1) is 54.9. The molecule has 1 amide bonds. The van der Waals surface area contributed by atoms with Crippen molar-refractivity contribution in [3.63, 3.8) is 0 Å². The van der Waals surface area contributed by atoms with Crippen LogP contribution >= 0.6 is 0 Å². The highest BCUT2D eigenvalue weighted by Crippen LogP contribution is 2.13. The van der Waals surface area contributed by atoms with E-state index < -0.39 is 6.09 Å². The predicted octanol–water partition coefficient (Wildman–Crippen LogP) is 12.9. The van der Waals surface area contributed by atoms with Gasteiger partial charge in [-0.1, -0.05) is 189 Å². The number of amides is 1. The Bertz CT molecular complexity index is 518. The van der Waals surface area contributed by atoms with Crippen molar-refractivity contribution >= 4 is 6.09 Å². The van der Waals surface area contributed by atoms with E-state index in [9.17, 15) is 4.79 Å². The summed E-state index contributed by atoms with van der Waals surface area (Å²) in [6.07, 6.45) is 34.2. The maximum absolute atomic E-state index is 11.4. The summed E-state index contributed by atoms with van der Waals surface area (Å²) in [5.41, 5.74) is 0. The molecule has 302 valence electrons. The predicted molar refractivity (Wildman–Crippen MR) is 216 cm³/mol. The summed E-state index contributed by atoms with van der Waals surface area (Å²) in [5, 5.41) is 11.3. The van der Waals surface area contributed by atoms with E-state index in [1.807, 2.05) is 13.8 Å². The number of hydrogen-bond acceptors (Lipinski definition) is 6. The molecule has 0 rings (SSSR count). The molecule has 0 spiro atoms. The summed E-state index contributed by atoms with van der Waals surface area (Å²) in [4.78, 5) is 11.4. The van der Waals surface area contributed by atoms with Crippen LogP contribution in [0.5, 0.6) is 0 Å². The number of carbonyl (C=O) groups excluding carboxylic acids is 1. The van der Waals surface area contributed by atoms with Crippen LogP contribution in [0.1, 0.15) is 210 Å². The zero-order valence-electron chi connectivity index (χ0n) is 34.5. The molecule has 0 unspecified atom stereocenters. The third kappa shape index (κ3) is 66.0. The average molecular weight is 708 g/mol. The minimum atomic E-state index is -0.402. The summed E-state index contributed by atoms with van der Waals surface area (Å²) >= 11 is 0. The van der Waals surface area contributed by atoms with Crippen molar-refractivity contribution in [1.29, 1.82) is 0 Å². The zero-order chi connectivity index (χ0) is 37.2. The Hall–Kier alpha value is -0.890. The van der Waals surface area contributed by atoms with E-state index in [1.54, 1.807) is 7.11 Å². The first-order valence-corrected chi connectivity index (χ1v) is 21.3. The van der Waals surface area contributed by atoms with Crippen molar-refractivity contribution in [1.82, 2.24) is 5.32 Å². The zero-order valence-corrected chi connectivity index (χ0v) is 34.5. The number of methoxy groups -OCH3 is 1. The molecule has 2 N–H and O–H groups in total. The summed E-state index contributed by atoms with van der Waals surface area (Å²) in [6, 6.07) is 0. The van der Waals surface area contributed by atoms with Gasteiger partial charge in [-0.05, 0) is 19.3 Å². The summed E-state index contributed by atoms with van der Waals surface area (Å²) in [5.74, 6) is 0. The molecule has 7 heteroatoms. The van der Waals surface area contributed by atoms with Gasteiger partial charge in [-0.3, -0.25) is 0 Å². The van der Waals surface area contributed by atoms with Gasteiger partial charge in [0.1, 0.15) is 6.61 Å². The fraction of sp³-hybridized carbons (Fsp3) is 0.976. The molecule has 0 saturated heterocycles. The minimum Gasteiger partial charge on any atom is -0.447 e. The van der Waals surface area contributed by atoms with E-state index >= 15 is 0 Å². The van der Waals surface area contributed by atoms with Crippen LogP contribution in [0, 0.1) is 0 Å². The van der Waals surface area contributed by atoms with Gasteiger partial charge in [-0.2, -0.15) is 0 Å². The van der Waals surface area contributed by atoms with Crippen LogP contribution in [0.15, 0.2) is 0 Å². The lowest BCUT2D eigenvalue weighted by atomic mass is 10.1. The molecule has 0 fully saturated rings. The second-order valence-corrected chi connectivity index (χ2v) is 12.8. The summed E-state index contributed by atoms with van der Waals surface area (Å²) in [7, 11) is 1.62. The molecule has 0 atom stereocenters. The van der Waals surface area contributed by atoms with E-state index in [0.29, 0.717) is 39.6 Å². The quantitative estimate of drug-likeness (QED) is 0.0638. The van der Waals surface area contributed by atoms with Crippen molar-refractivity contribution in [3.8, 4) is 0 Å². The molecule has 49 heavy (non-hydrogen) atoms. The molecule has 0 aliphatic heterocycles. The minimum absolute atomic E-state index is 0. The smallest absolute Gasteiger partial charge is 0.407 e. The Morgan fingerprint density at radius 3 is 1.24 bits per heavy atom. The van der Waals surface area contributed by atoms with Gasteiger partial charge in [-0.25, -0.2) is 4.79 Å². The van der Waals surface area contributed by atoms with E-state index in [4.69, 9.17) is 24.1 Å². The summed E-state index contributed by atoms with van der Waals surface area (Å²) in [6.45, 7) is 16.9. The Kier molecular flexibility index (Phi) is 66.4. The molecule has 0 saturated carbocycles. The SMILES string of the molecule is CC.CCC.CCCCCCCCCCCCCCO.CCCCCCCCCCCCCCOCCCNC(=O)OCCOCCOC.[HH]. The van der Waals surface area contributed by atoms with Crippen LogP contribution in [-0.4, -0.2) is 71.1 Å². The molecule has 0 aromatic rings. The van der Waals surface area contributed by atoms with Gasteiger partial charge >= 0.3 is 6.09 Å². The second kappa shape index (κ2) is 59.3. The first-order valence-electron chi connectivity index (χ1n) is 21.3. The molecular formula is C42H93NO6. The van der Waals surface area contributed by atoms with Crippen LogP contribution < -0.4 is 5.32 Å². The van der Waals surface area contributed by atoms with Gasteiger partial charge in [0.05, 0.1) is 19.8 Å². The molecule has 0 aromatic carbocycles. The number of alkyl carbamates (subject to hydrolysis) is 1. The van der Waals surface area contributed by atoms with Crippen LogP contribution in [0.4, 0.5) is 4.79 Å². The van der Waals surface area contributed by atoms with Gasteiger partial charge in [-0.15, -0.1) is 0 Å². The average Bonchev–Trinajstić information content (AvgIpc) is 3.11. The maximum Gasteiger partial charge on any atom is 0.407 e. The Morgan fingerprint density at radius 2 is 0.837 bits per heavy atom. The van der Waals surface area contributed by atoms with Gasteiger partial charge < -0.3 is 29.4 Å². The molecule has 0 heterocycles. The molecule has 0 aromatic heterocycles. The van der Waals surface area contributed by atoms with Crippen LogP contribution in [0.25, 0.3) is 0 Å². The number of carbonyl (C=O) groups is 1. The lowest BCUT2D eigenvalue weighted by molar-refractivity contribution is 0.0420. The lowest BCUT2D eigenvalue weighted by Crippen LogP contribution is -2.27. The van der Waals surface area contributed by atoms with Gasteiger partial charge in [0, 0.05) is 34.9 Å². The van der Waals surface area contributed by atoms with E-state index in [-0.39, 0.29) is 8.03 Å². The van der Waals surface area contributed by atoms with Crippen molar-refractivity contribution in [2.45, 2.75) is 208 Å².